The van der Waals surface area contributed by atoms with E-state index in [0.29, 0.717) is 39.1 Å². The number of nitrogens with zero attached hydrogens (tertiary/aromatic N) is 3. The minimum atomic E-state index is -0.684. The van der Waals surface area contributed by atoms with Crippen LogP contribution >= 0.6 is 0 Å². The minimum Gasteiger partial charge on any atom is -0.468 e. The third kappa shape index (κ3) is 2.56. The van der Waals surface area contributed by atoms with Crippen LogP contribution < -0.4 is 0 Å². The molecule has 3 heterocycles. The van der Waals surface area contributed by atoms with E-state index in [1.54, 1.807) is 23.5 Å². The van der Waals surface area contributed by atoms with Crippen molar-refractivity contribution in [2.45, 2.75) is 12.8 Å². The monoisotopic (exact) mass is 305 g/mol. The molecule has 0 radical (unpaired) electrons. The van der Waals surface area contributed by atoms with Crippen molar-refractivity contribution in [1.82, 2.24) is 14.9 Å². The van der Waals surface area contributed by atoms with E-state index < -0.39 is 5.41 Å². The Labute approximate surface area is 128 Å². The zero-order valence-electron chi connectivity index (χ0n) is 12.5. The Bertz CT molecular complexity index is 565. The lowest BCUT2D eigenvalue weighted by atomic mass is 9.81. The van der Waals surface area contributed by atoms with Crippen molar-refractivity contribution in [3.63, 3.8) is 0 Å². The van der Waals surface area contributed by atoms with E-state index in [1.165, 1.54) is 7.11 Å². The van der Waals surface area contributed by atoms with Crippen molar-refractivity contribution in [3.8, 4) is 0 Å². The molecule has 2 saturated heterocycles. The molecule has 2 aliphatic heterocycles. The summed E-state index contributed by atoms with van der Waals surface area (Å²) in [5, 5.41) is 0. The summed E-state index contributed by atoms with van der Waals surface area (Å²) >= 11 is 0. The summed E-state index contributed by atoms with van der Waals surface area (Å²) in [7, 11) is 1.38. The summed E-state index contributed by atoms with van der Waals surface area (Å²) in [6.45, 7) is 1.76. The molecule has 2 aliphatic rings. The molecule has 0 aromatic carbocycles. The van der Waals surface area contributed by atoms with E-state index in [9.17, 15) is 9.59 Å². The first-order valence-corrected chi connectivity index (χ1v) is 7.34. The zero-order chi connectivity index (χ0) is 15.6. The highest BCUT2D eigenvalue weighted by Crippen LogP contribution is 2.42. The third-order valence-electron chi connectivity index (χ3n) is 4.53. The van der Waals surface area contributed by atoms with Crippen LogP contribution in [0.2, 0.25) is 0 Å². The van der Waals surface area contributed by atoms with Crippen LogP contribution in [-0.2, 0) is 25.5 Å². The average Bonchev–Trinajstić information content (AvgIpc) is 3.11. The normalized spacial score (nSPS) is 26.8. The molecule has 7 nitrogen and oxygen atoms in total. The average molecular weight is 305 g/mol. The lowest BCUT2D eigenvalue weighted by Crippen LogP contribution is -2.41. The van der Waals surface area contributed by atoms with Crippen molar-refractivity contribution < 1.29 is 19.1 Å². The van der Waals surface area contributed by atoms with Crippen molar-refractivity contribution in [3.05, 3.63) is 24.3 Å². The first-order valence-electron chi connectivity index (χ1n) is 7.34. The lowest BCUT2D eigenvalue weighted by molar-refractivity contribution is -0.153. The second-order valence-corrected chi connectivity index (χ2v) is 5.83. The Hall–Kier alpha value is -2.02. The van der Waals surface area contributed by atoms with Crippen LogP contribution in [0.5, 0.6) is 0 Å². The summed E-state index contributed by atoms with van der Waals surface area (Å²) < 4.78 is 10.4. The van der Waals surface area contributed by atoms with E-state index in [2.05, 4.69) is 9.97 Å². The maximum absolute atomic E-state index is 12.4. The molecular weight excluding hydrogens is 286 g/mol. The summed E-state index contributed by atoms with van der Waals surface area (Å²) in [4.78, 5) is 34.4. The molecule has 2 atom stereocenters. The van der Waals surface area contributed by atoms with Gasteiger partial charge in [-0.05, 0) is 6.42 Å². The van der Waals surface area contributed by atoms with E-state index in [4.69, 9.17) is 9.47 Å². The topological polar surface area (TPSA) is 81.6 Å². The van der Waals surface area contributed by atoms with E-state index in [-0.39, 0.29) is 17.8 Å². The number of carbonyl (C=O) groups is 2. The molecule has 118 valence electrons. The molecule has 1 aromatic rings. The maximum Gasteiger partial charge on any atom is 0.316 e. The number of rotatable bonds is 4. The summed E-state index contributed by atoms with van der Waals surface area (Å²) in [5.74, 6) is -0.219. The number of aryl methyl sites for hydroxylation is 1. The fraction of sp³-hybridized carbons (Fsp3) is 0.600. The number of fused-ring (bicyclic) bond motifs is 1. The van der Waals surface area contributed by atoms with Crippen LogP contribution in [0, 0.1) is 11.3 Å². The van der Waals surface area contributed by atoms with Crippen molar-refractivity contribution in [2.75, 3.05) is 33.4 Å². The fourth-order valence-electron chi connectivity index (χ4n) is 3.27. The van der Waals surface area contributed by atoms with Gasteiger partial charge in [-0.3, -0.25) is 19.6 Å². The zero-order valence-corrected chi connectivity index (χ0v) is 12.5. The highest BCUT2D eigenvalue weighted by atomic mass is 16.5. The molecule has 7 heteroatoms. The van der Waals surface area contributed by atoms with Gasteiger partial charge >= 0.3 is 5.97 Å². The highest BCUT2D eigenvalue weighted by Gasteiger charge is 2.57. The van der Waals surface area contributed by atoms with Gasteiger partial charge in [0.05, 0.1) is 26.0 Å². The van der Waals surface area contributed by atoms with E-state index >= 15 is 0 Å². The van der Waals surface area contributed by atoms with Crippen LogP contribution in [0.4, 0.5) is 0 Å². The van der Waals surface area contributed by atoms with Gasteiger partial charge in [-0.2, -0.15) is 0 Å². The second kappa shape index (κ2) is 6.00. The number of amides is 1. The largest absolute Gasteiger partial charge is 0.468 e. The Morgan fingerprint density at radius 1 is 1.50 bits per heavy atom. The summed E-state index contributed by atoms with van der Waals surface area (Å²) in [5.41, 5.74) is 0.109. The minimum absolute atomic E-state index is 0.0282. The molecule has 1 amide bonds. The number of hydrogen-bond acceptors (Lipinski definition) is 6. The van der Waals surface area contributed by atoms with Crippen LogP contribution in [-0.4, -0.2) is 60.2 Å². The standard InChI is InChI=1S/C15H19N3O4/c1-21-14(20)15-9-18(7-11(15)8-22-10-15)13(19)3-2-12-6-16-4-5-17-12/h4-6,11H,2-3,7-10H2,1H3/t11-,15-/m0/s1. The number of esters is 1. The lowest BCUT2D eigenvalue weighted by Gasteiger charge is -2.23. The molecule has 0 N–H and O–H groups in total. The number of hydrogen-bond donors (Lipinski definition) is 0. The van der Waals surface area contributed by atoms with Crippen LogP contribution in [0.3, 0.4) is 0 Å². The molecule has 0 aliphatic carbocycles. The molecule has 3 rings (SSSR count). The molecule has 0 unspecified atom stereocenters. The highest BCUT2D eigenvalue weighted by molar-refractivity contribution is 5.82. The fourth-order valence-corrected chi connectivity index (χ4v) is 3.27. The number of carbonyl (C=O) groups excluding carboxylic acids is 2. The molecule has 2 fully saturated rings. The SMILES string of the molecule is COC(=O)[C@@]12COC[C@@H]1CN(C(=O)CCc1cnccn1)C2. The van der Waals surface area contributed by atoms with Crippen molar-refractivity contribution in [1.29, 1.82) is 0 Å². The van der Waals surface area contributed by atoms with Crippen LogP contribution in [0.15, 0.2) is 18.6 Å². The number of methoxy groups -OCH3 is 1. The molecular formula is C15H19N3O4. The second-order valence-electron chi connectivity index (χ2n) is 5.83. The third-order valence-corrected chi connectivity index (χ3v) is 4.53. The van der Waals surface area contributed by atoms with Gasteiger partial charge < -0.3 is 14.4 Å². The van der Waals surface area contributed by atoms with Crippen molar-refractivity contribution in [2.24, 2.45) is 11.3 Å². The molecule has 0 saturated carbocycles. The van der Waals surface area contributed by atoms with Gasteiger partial charge in [-0.1, -0.05) is 0 Å². The smallest absolute Gasteiger partial charge is 0.316 e. The van der Waals surface area contributed by atoms with Gasteiger partial charge in [0.15, 0.2) is 0 Å². The van der Waals surface area contributed by atoms with Crippen LogP contribution in [0.1, 0.15) is 12.1 Å². The summed E-state index contributed by atoms with van der Waals surface area (Å²) in [6.07, 6.45) is 5.80. The van der Waals surface area contributed by atoms with E-state index in [1.807, 2.05) is 0 Å². The van der Waals surface area contributed by atoms with Gasteiger partial charge in [0, 0.05) is 44.0 Å². The Morgan fingerprint density at radius 3 is 3.09 bits per heavy atom. The predicted octanol–water partition coefficient (Wildman–Crippen LogP) is 0.0572. The van der Waals surface area contributed by atoms with Crippen LogP contribution in [0.25, 0.3) is 0 Å². The molecule has 1 aromatic heterocycles. The van der Waals surface area contributed by atoms with Crippen molar-refractivity contribution >= 4 is 11.9 Å². The van der Waals surface area contributed by atoms with Gasteiger partial charge in [0.2, 0.25) is 5.91 Å². The maximum atomic E-state index is 12.4. The Morgan fingerprint density at radius 2 is 2.36 bits per heavy atom. The number of likely N-dealkylation sites (tertiary alicyclic amines) is 1. The number of ether oxygens (including phenoxy) is 2. The Balaban J connectivity index is 1.62. The first kappa shape index (κ1) is 14.9. The molecule has 22 heavy (non-hydrogen) atoms. The van der Waals surface area contributed by atoms with Gasteiger partial charge in [-0.25, -0.2) is 0 Å². The quantitative estimate of drug-likeness (QED) is 0.732. The summed E-state index contributed by atoms with van der Waals surface area (Å²) in [6, 6.07) is 0. The predicted molar refractivity (Wildman–Crippen MR) is 75.7 cm³/mol. The molecule has 0 bridgehead atoms. The van der Waals surface area contributed by atoms with Gasteiger partial charge in [-0.15, -0.1) is 0 Å². The Kier molecular flexibility index (Phi) is 4.06. The first-order chi connectivity index (χ1) is 10.7. The van der Waals surface area contributed by atoms with Gasteiger partial charge in [0.1, 0.15) is 5.41 Å². The van der Waals surface area contributed by atoms with E-state index in [0.717, 1.165) is 5.69 Å². The van der Waals surface area contributed by atoms with Gasteiger partial charge in [0.25, 0.3) is 0 Å². The molecule has 0 spiro atoms. The number of aromatic nitrogens is 2.